The average Bonchev–Trinajstić information content (AvgIpc) is 2.99. The van der Waals surface area contributed by atoms with Crippen LogP contribution in [0.25, 0.3) is 11.2 Å². The molecular formula is C13H16F2N4O5P+. The molecule has 1 fully saturated rings. The number of rotatable bonds is 4. The minimum Gasteiger partial charge on any atom is -0.382 e. The number of nitrogens with one attached hydrogen (secondary N) is 1. The smallest absolute Gasteiger partial charge is 0.382 e. The third-order valence-corrected chi connectivity index (χ3v) is 4.44. The lowest BCUT2D eigenvalue weighted by Gasteiger charge is -2.25. The molecule has 1 unspecified atom stereocenters. The van der Waals surface area contributed by atoms with Gasteiger partial charge in [0.05, 0.1) is 6.33 Å². The summed E-state index contributed by atoms with van der Waals surface area (Å²) in [6.45, 7) is 2.78. The van der Waals surface area contributed by atoms with Crippen LogP contribution in [0.15, 0.2) is 11.1 Å². The molecule has 2 aromatic heterocycles. The van der Waals surface area contributed by atoms with E-state index in [-0.39, 0.29) is 17.0 Å². The van der Waals surface area contributed by atoms with Gasteiger partial charge < -0.3 is 14.8 Å². The van der Waals surface area contributed by atoms with E-state index in [1.807, 2.05) is 0 Å². The Bertz CT molecular complexity index is 900. The van der Waals surface area contributed by atoms with Gasteiger partial charge in [0.25, 0.3) is 11.4 Å². The summed E-state index contributed by atoms with van der Waals surface area (Å²) in [6.07, 6.45) is -2.96. The Morgan fingerprint density at radius 1 is 1.60 bits per heavy atom. The third-order valence-electron chi connectivity index (χ3n) is 3.95. The summed E-state index contributed by atoms with van der Waals surface area (Å²) in [6, 6.07) is 0. The zero-order chi connectivity index (χ0) is 18.6. The highest BCUT2D eigenvalue weighted by Crippen LogP contribution is 2.48. The fraction of sp³-hybridized carbons (Fsp3) is 0.615. The van der Waals surface area contributed by atoms with Crippen molar-refractivity contribution in [3.05, 3.63) is 22.5 Å². The molecule has 0 saturated carbocycles. The molecule has 5 atom stereocenters. The van der Waals surface area contributed by atoms with E-state index < -0.39 is 44.0 Å². The van der Waals surface area contributed by atoms with Crippen LogP contribution in [0.5, 0.6) is 0 Å². The largest absolute Gasteiger partial charge is 0.505 e. The minimum atomic E-state index is -3.03. The number of aryl methyl sites for hydroxylation is 1. The number of imidazole rings is 1. The highest BCUT2D eigenvalue weighted by molar-refractivity contribution is 7.38. The number of aliphatic hydroxyl groups is 1. The van der Waals surface area contributed by atoms with Gasteiger partial charge in [0.15, 0.2) is 36.8 Å². The lowest BCUT2D eigenvalue weighted by molar-refractivity contribution is -0.191. The normalized spacial score (nSPS) is 33.1. The number of hydrogen-bond donors (Lipinski definition) is 2. The van der Waals surface area contributed by atoms with Crippen molar-refractivity contribution in [2.45, 2.75) is 37.7 Å². The highest BCUT2D eigenvalue weighted by atomic mass is 31.1. The van der Waals surface area contributed by atoms with Crippen molar-refractivity contribution in [2.24, 2.45) is 0 Å². The zero-order valence-corrected chi connectivity index (χ0v) is 14.5. The predicted molar refractivity (Wildman–Crippen MR) is 81.8 cm³/mol. The molecule has 0 spiro atoms. The average molecular weight is 377 g/mol. The van der Waals surface area contributed by atoms with Crippen molar-refractivity contribution in [1.29, 1.82) is 0 Å². The Morgan fingerprint density at radius 3 is 2.92 bits per heavy atom. The Morgan fingerprint density at radius 2 is 2.28 bits per heavy atom. The molecule has 2 N–H and O–H groups in total. The molecule has 12 heteroatoms. The molecule has 136 valence electrons. The first-order chi connectivity index (χ1) is 11.6. The lowest BCUT2D eigenvalue weighted by Crippen LogP contribution is -2.46. The van der Waals surface area contributed by atoms with Crippen LogP contribution in [-0.2, 0) is 13.8 Å². The van der Waals surface area contributed by atoms with Crippen molar-refractivity contribution in [1.82, 2.24) is 19.5 Å². The van der Waals surface area contributed by atoms with Crippen LogP contribution in [0.2, 0.25) is 0 Å². The maximum atomic E-state index is 14.8. The Balaban J connectivity index is 2.06. The zero-order valence-electron chi connectivity index (χ0n) is 13.6. The standard InChI is InChI=1S/C13H15F2N4O5P/c1-6-17-8-7(9(20)18-6)16-5-19(8)11-12(2,21)10(14)13(15,24-11)4-23-25(3)22/h5,10-11,21H,4H2,1-3H3/p+1/t10-,11+,12+,13+/m0/s1. The predicted octanol–water partition coefficient (Wildman–Crippen LogP) is 1.10. The van der Waals surface area contributed by atoms with Gasteiger partial charge in [-0.1, -0.05) is 0 Å². The van der Waals surface area contributed by atoms with E-state index in [2.05, 4.69) is 19.5 Å². The van der Waals surface area contributed by atoms with Crippen LogP contribution in [0.4, 0.5) is 8.78 Å². The molecule has 0 radical (unpaired) electrons. The number of hydrogen-bond acceptors (Lipinski definition) is 7. The van der Waals surface area contributed by atoms with Crippen molar-refractivity contribution in [2.75, 3.05) is 13.3 Å². The second-order valence-corrected chi connectivity index (χ2v) is 7.17. The Hall–Kier alpha value is -1.81. The molecule has 3 rings (SSSR count). The molecule has 0 amide bonds. The molecule has 25 heavy (non-hydrogen) atoms. The summed E-state index contributed by atoms with van der Waals surface area (Å²) < 4.78 is 51.2. The van der Waals surface area contributed by atoms with Gasteiger partial charge in [0, 0.05) is 0 Å². The van der Waals surface area contributed by atoms with Crippen LogP contribution < -0.4 is 5.56 Å². The summed E-state index contributed by atoms with van der Waals surface area (Å²) in [5.74, 6) is -2.77. The van der Waals surface area contributed by atoms with Gasteiger partial charge in [0.1, 0.15) is 11.4 Å². The molecule has 3 heterocycles. The third kappa shape index (κ3) is 2.86. The van der Waals surface area contributed by atoms with Gasteiger partial charge in [0.2, 0.25) is 0 Å². The molecule has 1 aliphatic heterocycles. The second kappa shape index (κ2) is 5.87. The summed E-state index contributed by atoms with van der Waals surface area (Å²) in [7, 11) is -2.19. The lowest BCUT2D eigenvalue weighted by atomic mass is 9.97. The number of halogens is 2. The molecule has 1 saturated heterocycles. The number of nitrogens with zero attached hydrogens (tertiary/aromatic N) is 3. The molecule has 0 aliphatic carbocycles. The fourth-order valence-electron chi connectivity index (χ4n) is 2.76. The van der Waals surface area contributed by atoms with E-state index in [9.17, 15) is 23.2 Å². The summed E-state index contributed by atoms with van der Waals surface area (Å²) in [4.78, 5) is 22.3. The van der Waals surface area contributed by atoms with Crippen LogP contribution in [0, 0.1) is 6.92 Å². The summed E-state index contributed by atoms with van der Waals surface area (Å²) in [5, 5.41) is 10.5. The van der Waals surface area contributed by atoms with Gasteiger partial charge in [-0.15, -0.1) is 4.52 Å². The molecule has 0 bridgehead atoms. The highest BCUT2D eigenvalue weighted by Gasteiger charge is 2.65. The Labute approximate surface area is 140 Å². The molecule has 2 aromatic rings. The van der Waals surface area contributed by atoms with E-state index >= 15 is 0 Å². The molecule has 1 aliphatic rings. The topological polar surface area (TPSA) is 119 Å². The maximum Gasteiger partial charge on any atom is 0.505 e. The SMILES string of the molecule is Cc1nc2c(ncn2[C@@H]2O[C@](F)(CO[P+](C)=O)[C@@H](F)[C@@]2(C)O)c(=O)[nH]1. The number of aromatic amines is 1. The number of fused-ring (bicyclic) bond motifs is 1. The minimum absolute atomic E-state index is 0.00506. The fourth-order valence-corrected chi connectivity index (χ4v) is 3.12. The first kappa shape index (κ1) is 18.0. The maximum absolute atomic E-state index is 14.8. The van der Waals surface area contributed by atoms with Gasteiger partial charge in [-0.3, -0.25) is 9.36 Å². The van der Waals surface area contributed by atoms with Crippen LogP contribution in [0.3, 0.4) is 0 Å². The van der Waals surface area contributed by atoms with Crippen LogP contribution in [0.1, 0.15) is 19.0 Å². The number of H-pyrrole nitrogens is 1. The number of aromatic nitrogens is 4. The van der Waals surface area contributed by atoms with Crippen molar-refractivity contribution in [3.8, 4) is 0 Å². The number of alkyl halides is 2. The van der Waals surface area contributed by atoms with Crippen molar-refractivity contribution >= 4 is 19.2 Å². The van der Waals surface area contributed by atoms with Crippen molar-refractivity contribution in [3.63, 3.8) is 0 Å². The monoisotopic (exact) mass is 377 g/mol. The van der Waals surface area contributed by atoms with E-state index in [4.69, 9.17) is 4.74 Å². The Kier molecular flexibility index (Phi) is 4.23. The first-order valence-corrected chi connectivity index (χ1v) is 8.89. The van der Waals surface area contributed by atoms with Crippen molar-refractivity contribution < 1.29 is 27.7 Å². The van der Waals surface area contributed by atoms with Gasteiger partial charge in [-0.05, 0) is 18.4 Å². The van der Waals surface area contributed by atoms with Gasteiger partial charge in [-0.2, -0.15) is 0 Å². The summed E-state index contributed by atoms with van der Waals surface area (Å²) in [5.41, 5.74) is -2.91. The van der Waals surface area contributed by atoms with E-state index in [0.29, 0.717) is 0 Å². The second-order valence-electron chi connectivity index (χ2n) is 6.03. The van der Waals surface area contributed by atoms with Gasteiger partial charge >= 0.3 is 8.03 Å². The first-order valence-electron chi connectivity index (χ1n) is 7.26. The van der Waals surface area contributed by atoms with E-state index in [0.717, 1.165) is 17.8 Å². The van der Waals surface area contributed by atoms with E-state index in [1.165, 1.54) is 13.6 Å². The van der Waals surface area contributed by atoms with Gasteiger partial charge in [-0.25, -0.2) is 18.7 Å². The van der Waals surface area contributed by atoms with Crippen LogP contribution >= 0.6 is 8.03 Å². The number of ether oxygens (including phenoxy) is 1. The molecule has 0 aromatic carbocycles. The molecular weight excluding hydrogens is 361 g/mol. The van der Waals surface area contributed by atoms with Crippen LogP contribution in [-0.4, -0.2) is 55.5 Å². The van der Waals surface area contributed by atoms with E-state index in [1.54, 1.807) is 0 Å². The summed E-state index contributed by atoms with van der Waals surface area (Å²) >= 11 is 0. The molecule has 9 nitrogen and oxygen atoms in total. The quantitative estimate of drug-likeness (QED) is 0.766.